The molecule has 0 amide bonds. The van der Waals surface area contributed by atoms with Gasteiger partial charge in [0.1, 0.15) is 18.3 Å². The van der Waals surface area contributed by atoms with Gasteiger partial charge in [-0.1, -0.05) is 131 Å². The summed E-state index contributed by atoms with van der Waals surface area (Å²) in [5.41, 5.74) is 3.79. The number of hydrogen-bond donors (Lipinski definition) is 3. The summed E-state index contributed by atoms with van der Waals surface area (Å²) in [6.07, 6.45) is 23.4. The Kier molecular flexibility index (Phi) is 15.2. The van der Waals surface area contributed by atoms with Crippen LogP contribution in [0, 0.1) is 92.7 Å². The second-order valence-electron chi connectivity index (χ2n) is 26.6. The van der Waals surface area contributed by atoms with Crippen molar-refractivity contribution in [1.29, 1.82) is 0 Å². The summed E-state index contributed by atoms with van der Waals surface area (Å²) in [5, 5.41) is 33.0. The van der Waals surface area contributed by atoms with Crippen molar-refractivity contribution in [2.24, 2.45) is 92.7 Å². The largest absolute Gasteiger partial charge is 0.460 e. The molecule has 0 bridgehead atoms. The quantitative estimate of drug-likeness (QED) is 0.104. The van der Waals surface area contributed by atoms with E-state index in [1.807, 2.05) is 0 Å². The Morgan fingerprint density at radius 2 is 0.939 bits per heavy atom. The third-order valence-electron chi connectivity index (χ3n) is 22.2. The van der Waals surface area contributed by atoms with Gasteiger partial charge in [0, 0.05) is 12.8 Å². The van der Waals surface area contributed by atoms with E-state index in [1.165, 1.54) is 101 Å². The van der Waals surface area contributed by atoms with E-state index in [-0.39, 0.29) is 10.8 Å². The molecule has 8 aliphatic carbocycles. The van der Waals surface area contributed by atoms with Gasteiger partial charge in [-0.2, -0.15) is 0 Å². The van der Waals surface area contributed by atoms with Crippen molar-refractivity contribution in [3.63, 3.8) is 0 Å². The molecule has 6 fully saturated rings. The number of aliphatic hydroxyl groups is 3. The number of allylic oxidation sites excluding steroid dienone is 2. The summed E-state index contributed by atoms with van der Waals surface area (Å²) in [5.74, 6) is 7.05. The summed E-state index contributed by atoms with van der Waals surface area (Å²) >= 11 is 0. The zero-order valence-electron chi connectivity index (χ0n) is 43.5. The SMILES string of the molecule is CC(C)CCC[C@@H](C)C1CCC2C3CC=C4C[C@@H](OC(=O)C(O)C(O)C(O)C(=O)O[C@H]5CC[C@@]6(C)C(=CCC7C8CCC([C@H](C)CCCC(C)C)[C@@]8(C)CCC76)C5)CC[C@]4(C)C3CC[C@@]21C. The maximum absolute atomic E-state index is 13.4. The number of carbonyl (C=O) groups excluding carboxylic acids is 2. The Hall–Kier alpha value is -1.70. The minimum Gasteiger partial charge on any atom is -0.460 e. The Labute approximate surface area is 401 Å². The molecule has 0 aromatic rings. The Morgan fingerprint density at radius 3 is 1.32 bits per heavy atom. The maximum atomic E-state index is 13.4. The summed E-state index contributed by atoms with van der Waals surface area (Å²) < 4.78 is 11.8. The van der Waals surface area contributed by atoms with Gasteiger partial charge in [0.2, 0.25) is 0 Å². The Morgan fingerprint density at radius 1 is 0.545 bits per heavy atom. The number of ether oxygens (including phenoxy) is 2. The van der Waals surface area contributed by atoms with Crippen LogP contribution in [0.4, 0.5) is 0 Å². The number of carbonyl (C=O) groups is 2. The van der Waals surface area contributed by atoms with Crippen molar-refractivity contribution >= 4 is 11.9 Å². The number of hydrogen-bond acceptors (Lipinski definition) is 7. The molecule has 8 aliphatic rings. The van der Waals surface area contributed by atoms with E-state index in [9.17, 15) is 24.9 Å². The van der Waals surface area contributed by atoms with E-state index in [0.717, 1.165) is 73.0 Å². The predicted octanol–water partition coefficient (Wildman–Crippen LogP) is 13.0. The fraction of sp³-hybridized carbons (Fsp3) is 0.898. The smallest absolute Gasteiger partial charge is 0.338 e. The monoisotopic (exact) mass is 917 g/mol. The molecule has 7 nitrogen and oxygen atoms in total. The highest BCUT2D eigenvalue weighted by Gasteiger charge is 2.61. The van der Waals surface area contributed by atoms with Crippen molar-refractivity contribution < 1.29 is 34.4 Å². The molecule has 0 saturated heterocycles. The Balaban J connectivity index is 0.812. The third-order valence-corrected chi connectivity index (χ3v) is 22.2. The highest BCUT2D eigenvalue weighted by molar-refractivity contribution is 5.80. The number of fused-ring (bicyclic) bond motifs is 10. The minimum atomic E-state index is -2.05. The Bertz CT molecular complexity index is 1660. The first-order chi connectivity index (χ1) is 31.2. The van der Waals surface area contributed by atoms with Crippen LogP contribution in [0.3, 0.4) is 0 Å². The van der Waals surface area contributed by atoms with Crippen molar-refractivity contribution in [2.75, 3.05) is 0 Å². The van der Waals surface area contributed by atoms with Crippen LogP contribution in [-0.2, 0) is 19.1 Å². The van der Waals surface area contributed by atoms with Gasteiger partial charge in [0.05, 0.1) is 0 Å². The predicted molar refractivity (Wildman–Crippen MR) is 264 cm³/mol. The molecule has 8 rings (SSSR count). The highest BCUT2D eigenvalue weighted by Crippen LogP contribution is 2.69. The second-order valence-corrected chi connectivity index (χ2v) is 26.6. The van der Waals surface area contributed by atoms with E-state index >= 15 is 0 Å². The summed E-state index contributed by atoms with van der Waals surface area (Å²) in [6, 6.07) is 0. The molecule has 0 spiro atoms. The zero-order chi connectivity index (χ0) is 47.5. The van der Waals surface area contributed by atoms with Crippen LogP contribution in [0.2, 0.25) is 0 Å². The molecule has 6 saturated carbocycles. The van der Waals surface area contributed by atoms with Crippen LogP contribution < -0.4 is 0 Å². The zero-order valence-corrected chi connectivity index (χ0v) is 43.5. The molecular weight excluding hydrogens is 821 g/mol. The fourth-order valence-corrected chi connectivity index (χ4v) is 18.4. The number of esters is 2. The molecular formula is C59H96O7. The first kappa shape index (κ1) is 50.7. The molecule has 0 radical (unpaired) electrons. The lowest BCUT2D eigenvalue weighted by Crippen LogP contribution is -2.52. The van der Waals surface area contributed by atoms with Crippen molar-refractivity contribution in [1.82, 2.24) is 0 Å². The summed E-state index contributed by atoms with van der Waals surface area (Å²) in [4.78, 5) is 26.7. The standard InChI is InChI=1S/C59H96O7/c1-35(2)13-11-15-37(5)45-21-23-47-43-19-17-39-33-41(25-29-56(39,7)49(43)27-31-58(45,47)9)65-54(63)52(61)51(60)53(62)55(64)66-42-26-30-57(8)40(34-42)18-20-44-48-24-22-46(38(6)16-12-14-36(3)4)59(48,10)32-28-50(44)57/h17-18,35-38,41-53,60-62H,11-16,19-34H2,1-10H3/t37-,38-,41+,42+,43?,44?,45?,46?,47?,48?,49?,50?,51?,52?,53?,56+,57+,58-,59-/m1/s1. The molecule has 0 aliphatic heterocycles. The van der Waals surface area contributed by atoms with Gasteiger partial charge in [-0.25, -0.2) is 9.59 Å². The van der Waals surface area contributed by atoms with E-state index in [1.54, 1.807) is 0 Å². The average molecular weight is 917 g/mol. The van der Waals surface area contributed by atoms with E-state index < -0.39 is 42.5 Å². The van der Waals surface area contributed by atoms with Crippen LogP contribution >= 0.6 is 0 Å². The first-order valence-electron chi connectivity index (χ1n) is 28.0. The van der Waals surface area contributed by atoms with Gasteiger partial charge < -0.3 is 24.8 Å². The van der Waals surface area contributed by atoms with E-state index in [0.29, 0.717) is 60.2 Å². The summed E-state index contributed by atoms with van der Waals surface area (Å²) in [7, 11) is 0. The van der Waals surface area contributed by atoms with E-state index in [4.69, 9.17) is 9.47 Å². The number of rotatable bonds is 16. The van der Waals surface area contributed by atoms with Crippen LogP contribution in [0.1, 0.15) is 210 Å². The van der Waals surface area contributed by atoms with Crippen LogP contribution in [0.15, 0.2) is 23.3 Å². The molecule has 3 N–H and O–H groups in total. The lowest BCUT2D eigenvalue weighted by Gasteiger charge is -2.58. The van der Waals surface area contributed by atoms with Crippen LogP contribution in [-0.4, -0.2) is 57.8 Å². The van der Waals surface area contributed by atoms with Gasteiger partial charge in [0.25, 0.3) is 0 Å². The van der Waals surface area contributed by atoms with Crippen LogP contribution in [0.25, 0.3) is 0 Å². The molecule has 10 unspecified atom stereocenters. The van der Waals surface area contributed by atoms with Gasteiger partial charge in [-0.15, -0.1) is 0 Å². The van der Waals surface area contributed by atoms with Crippen molar-refractivity contribution in [2.45, 2.75) is 241 Å². The summed E-state index contributed by atoms with van der Waals surface area (Å²) in [6.45, 7) is 24.6. The normalized spacial score (nSPS) is 42.8. The van der Waals surface area contributed by atoms with Gasteiger partial charge >= 0.3 is 11.9 Å². The molecule has 18 atom stereocenters. The molecule has 0 heterocycles. The first-order valence-corrected chi connectivity index (χ1v) is 28.0. The lowest BCUT2D eigenvalue weighted by atomic mass is 9.47. The van der Waals surface area contributed by atoms with Crippen molar-refractivity contribution in [3.8, 4) is 0 Å². The molecule has 0 aromatic carbocycles. The van der Waals surface area contributed by atoms with Gasteiger partial charge in [-0.3, -0.25) is 0 Å². The maximum Gasteiger partial charge on any atom is 0.338 e. The van der Waals surface area contributed by atoms with Gasteiger partial charge in [-0.05, 0) is 183 Å². The minimum absolute atomic E-state index is 0.0841. The van der Waals surface area contributed by atoms with Crippen molar-refractivity contribution in [3.05, 3.63) is 23.3 Å². The number of aliphatic hydroxyl groups excluding tert-OH is 3. The van der Waals surface area contributed by atoms with Crippen LogP contribution in [0.5, 0.6) is 0 Å². The molecule has 66 heavy (non-hydrogen) atoms. The topological polar surface area (TPSA) is 113 Å². The van der Waals surface area contributed by atoms with Gasteiger partial charge in [0.15, 0.2) is 12.2 Å². The fourth-order valence-electron chi connectivity index (χ4n) is 18.4. The molecule has 374 valence electrons. The average Bonchev–Trinajstić information content (AvgIpc) is 3.82. The lowest BCUT2D eigenvalue weighted by molar-refractivity contribution is -0.182. The third kappa shape index (κ3) is 9.34. The molecule has 0 aromatic heterocycles. The highest BCUT2D eigenvalue weighted by atomic mass is 16.6. The second kappa shape index (κ2) is 19.8. The molecule has 7 heteroatoms. The van der Waals surface area contributed by atoms with E-state index in [2.05, 4.69) is 81.4 Å².